The van der Waals surface area contributed by atoms with Gasteiger partial charge in [0.25, 0.3) is 0 Å². The fraction of sp³-hybridized carbons (Fsp3) is 0.778. The molecule has 0 heterocycles. The summed E-state index contributed by atoms with van der Waals surface area (Å²) in [6.45, 7) is 15.4. The molecule has 0 atom stereocenters. The van der Waals surface area contributed by atoms with E-state index >= 15 is 0 Å². The molecule has 0 radical (unpaired) electrons. The van der Waals surface area contributed by atoms with Gasteiger partial charge in [0.05, 0.1) is 0 Å². The van der Waals surface area contributed by atoms with Gasteiger partial charge in [0.1, 0.15) is 0 Å². The van der Waals surface area contributed by atoms with Crippen molar-refractivity contribution in [3.05, 3.63) is 24.3 Å². The fourth-order valence-electron chi connectivity index (χ4n) is 3.93. The van der Waals surface area contributed by atoms with Crippen LogP contribution < -0.4 is 0 Å². The van der Waals surface area contributed by atoms with E-state index < -0.39 is 9.35 Å². The Hall–Kier alpha value is -0.210. The molecule has 0 aliphatic heterocycles. The Labute approximate surface area is 128 Å². The standard InChI is InChI=1S/C18H39NS/c1-10-11-12-13-14-18(6)15-20(7,8,9)19(16(2)3)17(4)5/h10,14,16-17,20H,1,11-13,15H2,2-9H3/b18-14+. The molecule has 122 valence electrons. The van der Waals surface area contributed by atoms with Gasteiger partial charge in [-0.2, -0.15) is 0 Å². The molecule has 0 aromatic rings. The zero-order valence-corrected chi connectivity index (χ0v) is 16.1. The van der Waals surface area contributed by atoms with E-state index in [1.54, 1.807) is 5.57 Å². The lowest BCUT2D eigenvalue weighted by molar-refractivity contribution is 0.322. The van der Waals surface area contributed by atoms with Crippen LogP contribution in [0.4, 0.5) is 0 Å². The Bertz CT molecular complexity index is 323. The molecule has 20 heavy (non-hydrogen) atoms. The van der Waals surface area contributed by atoms with Crippen molar-refractivity contribution in [1.29, 1.82) is 0 Å². The number of hydrogen-bond acceptors (Lipinski definition) is 1. The lowest BCUT2D eigenvalue weighted by atomic mass is 10.2. The topological polar surface area (TPSA) is 3.24 Å². The second-order valence-electron chi connectivity index (χ2n) is 8.03. The predicted molar refractivity (Wildman–Crippen MR) is 102 cm³/mol. The molecule has 0 fully saturated rings. The summed E-state index contributed by atoms with van der Waals surface area (Å²) in [7, 11) is -1.83. The van der Waals surface area contributed by atoms with Gasteiger partial charge in [0.15, 0.2) is 0 Å². The van der Waals surface area contributed by atoms with E-state index in [0.717, 1.165) is 6.42 Å². The second kappa shape index (κ2) is 7.70. The number of unbranched alkanes of at least 4 members (excludes halogenated alkanes) is 2. The summed E-state index contributed by atoms with van der Waals surface area (Å²) >= 11 is 0. The normalized spacial score (nSPS) is 15.8. The highest BCUT2D eigenvalue weighted by Gasteiger charge is 2.36. The van der Waals surface area contributed by atoms with Crippen LogP contribution in [0.3, 0.4) is 0 Å². The van der Waals surface area contributed by atoms with Crippen LogP contribution in [-0.4, -0.2) is 40.9 Å². The van der Waals surface area contributed by atoms with Gasteiger partial charge in [-0.1, -0.05) is 17.7 Å². The van der Waals surface area contributed by atoms with Crippen LogP contribution in [-0.2, 0) is 0 Å². The van der Waals surface area contributed by atoms with Crippen LogP contribution in [0.1, 0.15) is 53.9 Å². The fourth-order valence-corrected chi connectivity index (χ4v) is 9.36. The number of rotatable bonds is 9. The Balaban J connectivity index is 4.94. The zero-order valence-electron chi connectivity index (χ0n) is 15.2. The summed E-state index contributed by atoms with van der Waals surface area (Å²) < 4.78 is 2.77. The molecule has 0 aromatic carbocycles. The van der Waals surface area contributed by atoms with E-state index in [0.29, 0.717) is 12.1 Å². The van der Waals surface area contributed by atoms with E-state index in [9.17, 15) is 0 Å². The third kappa shape index (κ3) is 6.49. The van der Waals surface area contributed by atoms with Gasteiger partial charge < -0.3 is 0 Å². The highest BCUT2D eigenvalue weighted by molar-refractivity contribution is 8.46. The van der Waals surface area contributed by atoms with Crippen molar-refractivity contribution in [3.63, 3.8) is 0 Å². The number of nitrogens with zero attached hydrogens (tertiary/aromatic N) is 1. The maximum atomic E-state index is 3.79. The monoisotopic (exact) mass is 301 g/mol. The molecule has 0 spiro atoms. The van der Waals surface area contributed by atoms with Crippen molar-refractivity contribution in [2.24, 2.45) is 0 Å². The van der Waals surface area contributed by atoms with E-state index in [1.807, 2.05) is 6.08 Å². The minimum atomic E-state index is -1.83. The van der Waals surface area contributed by atoms with Crippen molar-refractivity contribution < 1.29 is 0 Å². The summed E-state index contributed by atoms with van der Waals surface area (Å²) in [6, 6.07) is 1.22. The third-order valence-corrected chi connectivity index (χ3v) is 8.04. The smallest absolute Gasteiger partial charge is 0.0117 e. The van der Waals surface area contributed by atoms with Crippen LogP contribution >= 0.6 is 9.35 Å². The van der Waals surface area contributed by atoms with Gasteiger partial charge in [-0.25, -0.2) is 9.35 Å². The van der Waals surface area contributed by atoms with Crippen LogP contribution in [0, 0.1) is 0 Å². The van der Waals surface area contributed by atoms with E-state index in [-0.39, 0.29) is 0 Å². The molecule has 1 nitrogen and oxygen atoms in total. The van der Waals surface area contributed by atoms with Gasteiger partial charge in [0.2, 0.25) is 0 Å². The number of hydrogen-bond donors (Lipinski definition) is 1. The average molecular weight is 302 g/mol. The van der Waals surface area contributed by atoms with Gasteiger partial charge in [0, 0.05) is 12.1 Å². The van der Waals surface area contributed by atoms with Crippen LogP contribution in [0.15, 0.2) is 24.3 Å². The maximum Gasteiger partial charge on any atom is 0.0117 e. The molecular formula is C18H39NS. The van der Waals surface area contributed by atoms with Crippen LogP contribution in [0.2, 0.25) is 0 Å². The minimum absolute atomic E-state index is 0.612. The first-order valence-electron chi connectivity index (χ1n) is 8.05. The van der Waals surface area contributed by atoms with Crippen molar-refractivity contribution in [1.82, 2.24) is 4.31 Å². The van der Waals surface area contributed by atoms with Gasteiger partial charge in [-0.15, -0.1) is 6.58 Å². The number of allylic oxidation sites excluding steroid dienone is 2. The van der Waals surface area contributed by atoms with Crippen molar-refractivity contribution in [2.45, 2.75) is 66.0 Å². The summed E-state index contributed by atoms with van der Waals surface area (Å²) in [5, 5.41) is 0. The Morgan fingerprint density at radius 1 is 1.05 bits per heavy atom. The summed E-state index contributed by atoms with van der Waals surface area (Å²) in [5.41, 5.74) is 1.56. The average Bonchev–Trinajstić information content (AvgIpc) is 2.20. The van der Waals surface area contributed by atoms with E-state index in [1.165, 1.54) is 18.6 Å². The quantitative estimate of drug-likeness (QED) is 0.344. The third-order valence-electron chi connectivity index (χ3n) is 3.81. The first-order valence-corrected chi connectivity index (χ1v) is 11.8. The Kier molecular flexibility index (Phi) is 7.62. The lowest BCUT2D eigenvalue weighted by Gasteiger charge is -2.64. The Morgan fingerprint density at radius 3 is 1.95 bits per heavy atom. The predicted octanol–water partition coefficient (Wildman–Crippen LogP) is 5.28. The van der Waals surface area contributed by atoms with Gasteiger partial charge in [-0.05, 0) is 78.4 Å². The molecule has 0 unspecified atom stereocenters. The molecular weight excluding hydrogens is 262 g/mol. The maximum absolute atomic E-state index is 3.79. The summed E-state index contributed by atoms with van der Waals surface area (Å²) in [5.74, 6) is 1.25. The Morgan fingerprint density at radius 2 is 1.55 bits per heavy atom. The van der Waals surface area contributed by atoms with Crippen LogP contribution in [0.5, 0.6) is 0 Å². The molecule has 0 N–H and O–H groups in total. The zero-order chi connectivity index (χ0) is 16.0. The van der Waals surface area contributed by atoms with Crippen LogP contribution in [0.25, 0.3) is 0 Å². The molecule has 0 aliphatic carbocycles. The summed E-state index contributed by atoms with van der Waals surface area (Å²) in [4.78, 5) is 0. The molecule has 2 heteroatoms. The van der Waals surface area contributed by atoms with Crippen molar-refractivity contribution in [3.8, 4) is 0 Å². The molecule has 0 saturated carbocycles. The minimum Gasteiger partial charge on any atom is -0.278 e. The first-order chi connectivity index (χ1) is 8.99. The van der Waals surface area contributed by atoms with Crippen molar-refractivity contribution in [2.75, 3.05) is 24.5 Å². The van der Waals surface area contributed by atoms with Crippen molar-refractivity contribution >= 4 is 9.35 Å². The van der Waals surface area contributed by atoms with Gasteiger partial charge in [-0.3, -0.25) is 4.31 Å². The second-order valence-corrected chi connectivity index (χ2v) is 14.9. The molecule has 0 rings (SSSR count). The lowest BCUT2D eigenvalue weighted by Crippen LogP contribution is -2.47. The van der Waals surface area contributed by atoms with E-state index in [2.05, 4.69) is 70.3 Å². The largest absolute Gasteiger partial charge is 0.278 e. The summed E-state index contributed by atoms with van der Waals surface area (Å²) in [6.07, 6.45) is 15.6. The molecule has 0 aliphatic rings. The molecule has 0 amide bonds. The van der Waals surface area contributed by atoms with E-state index in [4.69, 9.17) is 0 Å². The van der Waals surface area contributed by atoms with Gasteiger partial charge >= 0.3 is 0 Å². The molecule has 0 bridgehead atoms. The highest BCUT2D eigenvalue weighted by atomic mass is 32.3. The number of thiol groups is 1. The molecule has 0 saturated heterocycles. The molecule has 0 aromatic heterocycles. The SMILES string of the molecule is C=CCCC/C=C(\C)C[SH](C)(C)(C)N(C(C)C)C(C)C. The highest BCUT2D eigenvalue weighted by Crippen LogP contribution is 2.65. The first kappa shape index (κ1) is 19.8.